The van der Waals surface area contributed by atoms with Crippen LogP contribution in [0.3, 0.4) is 0 Å². The summed E-state index contributed by atoms with van der Waals surface area (Å²) in [5.41, 5.74) is 3.12. The third kappa shape index (κ3) is 4.81. The van der Waals surface area contributed by atoms with Gasteiger partial charge in [-0.3, -0.25) is 0 Å². The molecule has 2 heterocycles. The Balaban J connectivity index is 1.21. The fourth-order valence-electron chi connectivity index (χ4n) is 6.26. The summed E-state index contributed by atoms with van der Waals surface area (Å²) in [6.45, 7) is 1.84. The first-order valence-corrected chi connectivity index (χ1v) is 15.0. The fourth-order valence-corrected chi connectivity index (χ4v) is 7.24. The Morgan fingerprint density at radius 3 is 2.66 bits per heavy atom. The molecule has 41 heavy (non-hydrogen) atoms. The zero-order valence-corrected chi connectivity index (χ0v) is 23.6. The molecule has 0 aliphatic heterocycles. The zero-order valence-electron chi connectivity index (χ0n) is 22.8. The molecule has 4 aromatic rings. The van der Waals surface area contributed by atoms with E-state index in [0.717, 1.165) is 22.5 Å². The number of nitrogens with one attached hydrogen (secondary N) is 1. The van der Waals surface area contributed by atoms with E-state index in [-0.39, 0.29) is 23.0 Å². The Bertz CT molecular complexity index is 1760. The highest BCUT2D eigenvalue weighted by atomic mass is 32.2. The van der Waals surface area contributed by atoms with Crippen LogP contribution >= 0.6 is 0 Å². The lowest BCUT2D eigenvalue weighted by Crippen LogP contribution is -2.45. The van der Waals surface area contributed by atoms with E-state index < -0.39 is 26.9 Å². The van der Waals surface area contributed by atoms with Gasteiger partial charge in [-0.2, -0.15) is 5.10 Å². The lowest BCUT2D eigenvalue weighted by atomic mass is 9.65. The van der Waals surface area contributed by atoms with Gasteiger partial charge in [0.25, 0.3) is 10.0 Å². The average Bonchev–Trinajstić information content (AvgIpc) is 3.62. The first-order valence-electron chi connectivity index (χ1n) is 13.5. The van der Waals surface area contributed by atoms with Gasteiger partial charge in [0.2, 0.25) is 0 Å². The lowest BCUT2D eigenvalue weighted by molar-refractivity contribution is -0.0462. The van der Waals surface area contributed by atoms with Gasteiger partial charge in [-0.25, -0.2) is 31.6 Å². The first-order chi connectivity index (χ1) is 19.5. The SMILES string of the molecule is Cn1cnc(S(=O)(=O)NCc2c(F)cccc2CC[C@]2(O)CCC3=Cc4c(cnn4-c4ccc(F)cc4)C[C@@]32C)c1. The van der Waals surface area contributed by atoms with Crippen molar-refractivity contribution in [3.63, 3.8) is 0 Å². The fraction of sp³-hybridized carbons (Fsp3) is 0.333. The molecule has 1 fully saturated rings. The van der Waals surface area contributed by atoms with Gasteiger partial charge in [0.1, 0.15) is 11.6 Å². The van der Waals surface area contributed by atoms with Gasteiger partial charge in [-0.15, -0.1) is 0 Å². The Morgan fingerprint density at radius 1 is 1.15 bits per heavy atom. The molecule has 8 nitrogen and oxygen atoms in total. The second kappa shape index (κ2) is 10.0. The number of sulfonamides is 1. The molecule has 2 aliphatic rings. The molecule has 0 spiro atoms. The minimum atomic E-state index is -3.92. The van der Waals surface area contributed by atoms with Crippen LogP contribution in [-0.4, -0.2) is 38.5 Å². The highest BCUT2D eigenvalue weighted by molar-refractivity contribution is 7.89. The van der Waals surface area contributed by atoms with Gasteiger partial charge in [-0.1, -0.05) is 24.6 Å². The van der Waals surface area contributed by atoms with Crippen LogP contribution < -0.4 is 4.72 Å². The third-order valence-corrected chi connectivity index (χ3v) is 10.1. The number of aryl methyl sites for hydroxylation is 2. The van der Waals surface area contributed by atoms with Crippen molar-refractivity contribution in [3.8, 4) is 5.69 Å². The Labute approximate surface area is 237 Å². The first kappa shape index (κ1) is 27.5. The Morgan fingerprint density at radius 2 is 1.93 bits per heavy atom. The number of hydrogen-bond acceptors (Lipinski definition) is 5. The Kier molecular flexibility index (Phi) is 6.71. The van der Waals surface area contributed by atoms with Crippen LogP contribution in [0.2, 0.25) is 0 Å². The minimum Gasteiger partial charge on any atom is -0.389 e. The molecule has 6 rings (SSSR count). The third-order valence-electron chi connectivity index (χ3n) is 8.78. The summed E-state index contributed by atoms with van der Waals surface area (Å²) in [6, 6.07) is 10.9. The number of benzene rings is 2. The van der Waals surface area contributed by atoms with Crippen molar-refractivity contribution in [1.82, 2.24) is 24.1 Å². The molecule has 2 atom stereocenters. The number of imidazole rings is 1. The van der Waals surface area contributed by atoms with Gasteiger partial charge in [0.15, 0.2) is 5.03 Å². The van der Waals surface area contributed by atoms with Gasteiger partial charge in [0, 0.05) is 30.8 Å². The molecule has 0 bridgehead atoms. The molecule has 2 aromatic heterocycles. The molecule has 0 amide bonds. The molecule has 0 radical (unpaired) electrons. The maximum Gasteiger partial charge on any atom is 0.259 e. The molecule has 1 saturated carbocycles. The van der Waals surface area contributed by atoms with Crippen LogP contribution in [0.25, 0.3) is 11.8 Å². The highest BCUT2D eigenvalue weighted by Crippen LogP contribution is 2.56. The summed E-state index contributed by atoms with van der Waals surface area (Å²) >= 11 is 0. The molecule has 214 valence electrons. The van der Waals surface area contributed by atoms with Crippen molar-refractivity contribution < 1.29 is 22.3 Å². The number of nitrogens with zero attached hydrogens (tertiary/aromatic N) is 4. The van der Waals surface area contributed by atoms with Crippen molar-refractivity contribution in [2.45, 2.75) is 56.2 Å². The van der Waals surface area contributed by atoms with E-state index in [0.29, 0.717) is 37.7 Å². The quantitative estimate of drug-likeness (QED) is 0.321. The highest BCUT2D eigenvalue weighted by Gasteiger charge is 2.54. The summed E-state index contributed by atoms with van der Waals surface area (Å²) in [5, 5.41) is 16.4. The number of hydrogen-bond donors (Lipinski definition) is 2. The van der Waals surface area contributed by atoms with Crippen molar-refractivity contribution in [2.24, 2.45) is 12.5 Å². The van der Waals surface area contributed by atoms with Gasteiger partial charge < -0.3 is 9.67 Å². The Hall–Kier alpha value is -3.67. The predicted octanol–water partition coefficient (Wildman–Crippen LogP) is 4.47. The summed E-state index contributed by atoms with van der Waals surface area (Å²) < 4.78 is 59.6. The van der Waals surface area contributed by atoms with Gasteiger partial charge >= 0.3 is 0 Å². The summed E-state index contributed by atoms with van der Waals surface area (Å²) in [4.78, 5) is 3.89. The average molecular weight is 580 g/mol. The maximum absolute atomic E-state index is 14.9. The topological polar surface area (TPSA) is 102 Å². The van der Waals surface area contributed by atoms with Crippen molar-refractivity contribution in [3.05, 3.63) is 101 Å². The lowest BCUT2D eigenvalue weighted by Gasteiger charge is -2.42. The molecular weight excluding hydrogens is 548 g/mol. The predicted molar refractivity (Wildman–Crippen MR) is 149 cm³/mol. The van der Waals surface area contributed by atoms with E-state index >= 15 is 0 Å². The van der Waals surface area contributed by atoms with E-state index in [1.165, 1.54) is 35.3 Å². The number of aliphatic hydroxyl groups is 1. The van der Waals surface area contributed by atoms with E-state index in [1.807, 2.05) is 0 Å². The van der Waals surface area contributed by atoms with Gasteiger partial charge in [-0.05, 0) is 79.6 Å². The molecule has 2 aliphatic carbocycles. The largest absolute Gasteiger partial charge is 0.389 e. The number of aromatic nitrogens is 4. The van der Waals surface area contributed by atoms with E-state index in [1.54, 1.807) is 42.2 Å². The summed E-state index contributed by atoms with van der Waals surface area (Å²) in [7, 11) is -2.25. The van der Waals surface area contributed by atoms with Crippen LogP contribution in [0.5, 0.6) is 0 Å². The van der Waals surface area contributed by atoms with E-state index in [4.69, 9.17) is 0 Å². The number of rotatable bonds is 8. The summed E-state index contributed by atoms with van der Waals surface area (Å²) in [6.07, 6.45) is 9.27. The van der Waals surface area contributed by atoms with Crippen molar-refractivity contribution >= 4 is 16.1 Å². The molecule has 11 heteroatoms. The second-order valence-electron chi connectivity index (χ2n) is 11.2. The van der Waals surface area contributed by atoms with Crippen molar-refractivity contribution in [2.75, 3.05) is 0 Å². The minimum absolute atomic E-state index is 0.134. The van der Waals surface area contributed by atoms with Crippen LogP contribution in [0.4, 0.5) is 8.78 Å². The number of fused-ring (bicyclic) bond motifs is 2. The van der Waals surface area contributed by atoms with Crippen LogP contribution in [-0.2, 0) is 36.5 Å². The van der Waals surface area contributed by atoms with E-state index in [9.17, 15) is 22.3 Å². The van der Waals surface area contributed by atoms with Crippen LogP contribution in [0.1, 0.15) is 48.6 Å². The van der Waals surface area contributed by atoms with Crippen LogP contribution in [0.15, 0.2) is 71.8 Å². The second-order valence-corrected chi connectivity index (χ2v) is 12.9. The molecule has 2 N–H and O–H groups in total. The van der Waals surface area contributed by atoms with E-state index in [2.05, 4.69) is 27.8 Å². The van der Waals surface area contributed by atoms with Crippen molar-refractivity contribution in [1.29, 1.82) is 0 Å². The number of halogens is 2. The maximum atomic E-state index is 14.9. The molecule has 0 saturated heterocycles. The zero-order chi connectivity index (χ0) is 29.0. The smallest absolute Gasteiger partial charge is 0.259 e. The monoisotopic (exact) mass is 579 g/mol. The van der Waals surface area contributed by atoms with Crippen LogP contribution in [0, 0.1) is 17.0 Å². The van der Waals surface area contributed by atoms with Gasteiger partial charge in [0.05, 0.1) is 29.5 Å². The molecule has 2 aromatic carbocycles. The standard InChI is InChI=1S/C30H31F2N5O3S/c1-29-15-21-16-34-37(24-8-6-23(31)7-9-24)27(21)14-22(29)11-13-30(29,38)12-10-20-4-3-5-26(32)25(20)17-35-41(39,40)28-18-36(2)19-33-28/h3-9,14,16,18-19,35,38H,10-13,15,17H2,1-2H3/t29-,30-/m0/s1. The summed E-state index contributed by atoms with van der Waals surface area (Å²) in [5.74, 6) is -0.819. The molecule has 0 unspecified atom stereocenters. The normalized spacial score (nSPS) is 21.9. The molecular formula is C30H31F2N5O3S.